The fraction of sp³-hybridized carbons (Fsp3) is 0.0476. The first kappa shape index (κ1) is 22.2. The molecule has 0 bridgehead atoms. The van der Waals surface area contributed by atoms with Crippen molar-refractivity contribution in [2.75, 3.05) is 12.4 Å². The summed E-state index contributed by atoms with van der Waals surface area (Å²) in [7, 11) is -7.56. The van der Waals surface area contributed by atoms with Gasteiger partial charge in [0.05, 0.1) is 22.5 Å². The molecule has 0 atom stereocenters. The topological polar surface area (TPSA) is 119 Å². The Balaban J connectivity index is 2.07. The summed E-state index contributed by atoms with van der Waals surface area (Å²) < 4.78 is 56.5. The molecule has 3 rings (SSSR count). The predicted octanol–water partition coefficient (Wildman–Crippen LogP) is 3.03. The van der Waals surface area contributed by atoms with E-state index in [4.69, 9.17) is 0 Å². The number of carbonyl (C=O) groups is 1. The van der Waals surface area contributed by atoms with Gasteiger partial charge in [0.2, 0.25) is 19.7 Å². The molecule has 0 radical (unpaired) electrons. The van der Waals surface area contributed by atoms with E-state index in [9.17, 15) is 21.6 Å². The summed E-state index contributed by atoms with van der Waals surface area (Å²) in [4.78, 5) is 15.2. The van der Waals surface area contributed by atoms with Crippen LogP contribution >= 0.6 is 0 Å². The maximum absolute atomic E-state index is 13.2. The number of sulfone groups is 2. The molecule has 1 N–H and O–H groups in total. The zero-order valence-corrected chi connectivity index (χ0v) is 17.9. The van der Waals surface area contributed by atoms with Crippen molar-refractivity contribution in [2.45, 2.75) is 9.79 Å². The van der Waals surface area contributed by atoms with Crippen molar-refractivity contribution < 1.29 is 26.4 Å². The SMILES string of the molecule is COC(=O)c1ccc(NC=C(S(=O)(=O)c2ccccc2)S(=O)(=O)c2ccccc2)nc1. The van der Waals surface area contributed by atoms with Crippen molar-refractivity contribution >= 4 is 31.5 Å². The van der Waals surface area contributed by atoms with Gasteiger partial charge in [-0.2, -0.15) is 0 Å². The number of aromatic nitrogens is 1. The molecule has 1 aromatic heterocycles. The standard InChI is InChI=1S/C21H18N2O6S2/c1-29-21(24)16-12-13-19(22-14-16)23-15-20(30(25,26)17-8-4-2-5-9-17)31(27,28)18-10-6-3-7-11-18/h2-15H,1H3,(H,22,23). The first-order valence-electron chi connectivity index (χ1n) is 8.88. The number of esters is 1. The summed E-state index contributed by atoms with van der Waals surface area (Å²) >= 11 is 0. The van der Waals surface area contributed by atoms with Crippen LogP contribution in [0.15, 0.2) is 99.2 Å². The molecule has 0 saturated heterocycles. The van der Waals surface area contributed by atoms with Crippen LogP contribution in [0.1, 0.15) is 10.4 Å². The third kappa shape index (κ3) is 4.81. The van der Waals surface area contributed by atoms with E-state index in [0.29, 0.717) is 0 Å². The van der Waals surface area contributed by atoms with Crippen molar-refractivity contribution in [1.82, 2.24) is 4.98 Å². The van der Waals surface area contributed by atoms with Crippen LogP contribution in [0.5, 0.6) is 0 Å². The monoisotopic (exact) mass is 458 g/mol. The zero-order chi connectivity index (χ0) is 22.5. The van der Waals surface area contributed by atoms with Crippen molar-refractivity contribution in [3.05, 3.63) is 95.0 Å². The van der Waals surface area contributed by atoms with Crippen molar-refractivity contribution in [2.24, 2.45) is 0 Å². The van der Waals surface area contributed by atoms with Gasteiger partial charge in [-0.1, -0.05) is 36.4 Å². The Labute approximate surface area is 180 Å². The van der Waals surface area contributed by atoms with Gasteiger partial charge >= 0.3 is 5.97 Å². The summed E-state index contributed by atoms with van der Waals surface area (Å²) in [6, 6.07) is 17.3. The third-order valence-electron chi connectivity index (χ3n) is 4.16. The third-order valence-corrected chi connectivity index (χ3v) is 8.56. The summed E-state index contributed by atoms with van der Waals surface area (Å²) in [6.45, 7) is 0. The van der Waals surface area contributed by atoms with E-state index in [-0.39, 0.29) is 21.2 Å². The molecule has 160 valence electrons. The molecular formula is C21H18N2O6S2. The van der Waals surface area contributed by atoms with Crippen LogP contribution in [0.2, 0.25) is 0 Å². The van der Waals surface area contributed by atoms with Gasteiger partial charge in [-0.15, -0.1) is 0 Å². The summed E-state index contributed by atoms with van der Waals surface area (Å²) in [5.74, 6) is -0.453. The molecule has 3 aromatic rings. The molecule has 2 aromatic carbocycles. The van der Waals surface area contributed by atoms with E-state index in [1.54, 1.807) is 12.1 Å². The summed E-state index contributed by atoms with van der Waals surface area (Å²) in [5.41, 5.74) is 0.186. The maximum atomic E-state index is 13.2. The van der Waals surface area contributed by atoms with Gasteiger partial charge in [0.1, 0.15) is 5.82 Å². The molecule has 1 heterocycles. The number of hydrogen-bond donors (Lipinski definition) is 1. The number of nitrogens with zero attached hydrogens (tertiary/aromatic N) is 1. The number of rotatable bonds is 7. The Morgan fingerprint density at radius 1 is 0.839 bits per heavy atom. The zero-order valence-electron chi connectivity index (χ0n) is 16.3. The molecule has 0 amide bonds. The largest absolute Gasteiger partial charge is 0.465 e. The Morgan fingerprint density at radius 3 is 1.77 bits per heavy atom. The first-order valence-corrected chi connectivity index (χ1v) is 11.8. The second-order valence-corrected chi connectivity index (χ2v) is 10.3. The molecule has 0 spiro atoms. The second-order valence-electron chi connectivity index (χ2n) is 6.16. The number of pyridine rings is 1. The fourth-order valence-electron chi connectivity index (χ4n) is 2.58. The van der Waals surface area contributed by atoms with Gasteiger partial charge < -0.3 is 10.1 Å². The number of ether oxygens (including phenoxy) is 1. The van der Waals surface area contributed by atoms with Crippen LogP contribution in [0.25, 0.3) is 0 Å². The molecule has 0 fully saturated rings. The minimum atomic E-state index is -4.39. The van der Waals surface area contributed by atoms with E-state index >= 15 is 0 Å². The van der Waals surface area contributed by atoms with Crippen molar-refractivity contribution in [1.29, 1.82) is 0 Å². The lowest BCUT2D eigenvalue weighted by Gasteiger charge is -2.11. The Bertz CT molecular complexity index is 1230. The van der Waals surface area contributed by atoms with E-state index in [0.717, 1.165) is 6.20 Å². The Hall–Kier alpha value is -3.50. The molecule has 0 saturated carbocycles. The van der Waals surface area contributed by atoms with Gasteiger partial charge in [-0.3, -0.25) is 0 Å². The van der Waals surface area contributed by atoms with E-state index in [1.165, 1.54) is 74.0 Å². The van der Waals surface area contributed by atoms with Crippen LogP contribution < -0.4 is 5.32 Å². The number of methoxy groups -OCH3 is 1. The molecule has 0 unspecified atom stereocenters. The van der Waals surface area contributed by atoms with Gasteiger partial charge in [-0.25, -0.2) is 26.6 Å². The van der Waals surface area contributed by atoms with Gasteiger partial charge in [0.25, 0.3) is 0 Å². The second kappa shape index (κ2) is 9.11. The van der Waals surface area contributed by atoms with Gasteiger partial charge in [0.15, 0.2) is 4.24 Å². The number of anilines is 1. The van der Waals surface area contributed by atoms with E-state index in [1.807, 2.05) is 0 Å². The predicted molar refractivity (Wildman–Crippen MR) is 115 cm³/mol. The van der Waals surface area contributed by atoms with Crippen LogP contribution in [0.4, 0.5) is 5.82 Å². The highest BCUT2D eigenvalue weighted by molar-refractivity contribution is 8.14. The summed E-state index contributed by atoms with van der Waals surface area (Å²) in [5, 5.41) is 2.60. The quantitative estimate of drug-likeness (QED) is 0.537. The fourth-order valence-corrected chi connectivity index (χ4v) is 6.24. The molecular weight excluding hydrogens is 440 g/mol. The molecule has 31 heavy (non-hydrogen) atoms. The Kier molecular flexibility index (Phi) is 6.52. The van der Waals surface area contributed by atoms with Crippen LogP contribution in [-0.2, 0) is 24.4 Å². The minimum absolute atomic E-state index is 0.136. The molecule has 0 aliphatic heterocycles. The van der Waals surface area contributed by atoms with Crippen LogP contribution in [0, 0.1) is 0 Å². The van der Waals surface area contributed by atoms with Crippen molar-refractivity contribution in [3.8, 4) is 0 Å². The van der Waals surface area contributed by atoms with Gasteiger partial charge in [0, 0.05) is 12.4 Å². The smallest absolute Gasteiger partial charge is 0.339 e. The lowest BCUT2D eigenvalue weighted by atomic mass is 10.3. The first-order chi connectivity index (χ1) is 14.8. The maximum Gasteiger partial charge on any atom is 0.339 e. The number of carbonyl (C=O) groups excluding carboxylic acids is 1. The van der Waals surface area contributed by atoms with Crippen molar-refractivity contribution in [3.63, 3.8) is 0 Å². The Morgan fingerprint density at radius 2 is 1.35 bits per heavy atom. The highest BCUT2D eigenvalue weighted by atomic mass is 32.3. The molecule has 0 aliphatic rings. The lowest BCUT2D eigenvalue weighted by Crippen LogP contribution is -2.16. The summed E-state index contributed by atoms with van der Waals surface area (Å²) in [6.07, 6.45) is 2.10. The molecule has 10 heteroatoms. The van der Waals surface area contributed by atoms with E-state index in [2.05, 4.69) is 15.0 Å². The van der Waals surface area contributed by atoms with Crippen LogP contribution in [0.3, 0.4) is 0 Å². The van der Waals surface area contributed by atoms with E-state index < -0.39 is 29.9 Å². The normalized spacial score (nSPS) is 11.4. The lowest BCUT2D eigenvalue weighted by molar-refractivity contribution is 0.0600. The molecule has 8 nitrogen and oxygen atoms in total. The molecule has 0 aliphatic carbocycles. The minimum Gasteiger partial charge on any atom is -0.465 e. The average molecular weight is 459 g/mol. The highest BCUT2D eigenvalue weighted by Gasteiger charge is 2.33. The van der Waals surface area contributed by atoms with Crippen LogP contribution in [-0.4, -0.2) is 34.9 Å². The number of hydrogen-bond acceptors (Lipinski definition) is 8. The average Bonchev–Trinajstić information content (AvgIpc) is 2.80. The van der Waals surface area contributed by atoms with Gasteiger partial charge in [-0.05, 0) is 36.4 Å². The number of nitrogens with one attached hydrogen (secondary N) is 1. The number of benzene rings is 2. The highest BCUT2D eigenvalue weighted by Crippen LogP contribution is 2.29.